The Morgan fingerprint density at radius 2 is 2.08 bits per heavy atom. The van der Waals surface area contributed by atoms with Gasteiger partial charge in [-0.15, -0.1) is 0 Å². The van der Waals surface area contributed by atoms with Crippen molar-refractivity contribution in [1.82, 2.24) is 10.4 Å². The van der Waals surface area contributed by atoms with Crippen molar-refractivity contribution < 1.29 is 4.74 Å². The second-order valence-corrected chi connectivity index (χ2v) is 3.51. The van der Waals surface area contributed by atoms with E-state index in [4.69, 9.17) is 10.5 Å². The zero-order chi connectivity index (χ0) is 9.61. The molecule has 0 saturated heterocycles. The lowest BCUT2D eigenvalue weighted by molar-refractivity contribution is 0.117. The third-order valence-electron chi connectivity index (χ3n) is 1.80. The van der Waals surface area contributed by atoms with Crippen molar-refractivity contribution in [3.05, 3.63) is 0 Å². The highest BCUT2D eigenvalue weighted by Gasteiger charge is 2.21. The van der Waals surface area contributed by atoms with Gasteiger partial charge in [0.15, 0.2) is 0 Å². The topological polar surface area (TPSA) is 50.5 Å². The van der Waals surface area contributed by atoms with E-state index in [1.807, 2.05) is 19.1 Å². The van der Waals surface area contributed by atoms with Gasteiger partial charge in [0.05, 0.1) is 0 Å². The molecule has 0 aliphatic heterocycles. The van der Waals surface area contributed by atoms with Gasteiger partial charge in [0.1, 0.15) is 0 Å². The van der Waals surface area contributed by atoms with Crippen LogP contribution in [0.15, 0.2) is 0 Å². The minimum absolute atomic E-state index is 0.0560. The van der Waals surface area contributed by atoms with E-state index in [1.165, 1.54) is 0 Å². The van der Waals surface area contributed by atoms with Crippen LogP contribution in [-0.2, 0) is 4.74 Å². The van der Waals surface area contributed by atoms with E-state index in [0.29, 0.717) is 6.54 Å². The van der Waals surface area contributed by atoms with Gasteiger partial charge >= 0.3 is 0 Å². The Balaban J connectivity index is 3.86. The van der Waals surface area contributed by atoms with Crippen molar-refractivity contribution >= 4 is 0 Å². The molecule has 1 atom stereocenters. The minimum atomic E-state index is -0.0560. The maximum Gasteiger partial charge on any atom is 0.0480 e. The molecule has 4 heteroatoms. The zero-order valence-electron chi connectivity index (χ0n) is 8.55. The fourth-order valence-electron chi connectivity index (χ4n) is 1.07. The van der Waals surface area contributed by atoms with Crippen molar-refractivity contribution in [2.45, 2.75) is 18.9 Å². The molecule has 0 radical (unpaired) electrons. The van der Waals surface area contributed by atoms with Crippen LogP contribution in [0.5, 0.6) is 0 Å². The van der Waals surface area contributed by atoms with E-state index >= 15 is 0 Å². The van der Waals surface area contributed by atoms with Crippen LogP contribution in [-0.4, -0.2) is 44.9 Å². The molecular formula is C8H21N3O. The summed E-state index contributed by atoms with van der Waals surface area (Å²) < 4.78 is 5.01. The maximum absolute atomic E-state index is 5.65. The number of hydrogen-bond donors (Lipinski definition) is 2. The first-order chi connectivity index (χ1) is 5.54. The highest BCUT2D eigenvalue weighted by atomic mass is 16.5. The van der Waals surface area contributed by atoms with Crippen LogP contribution in [0.4, 0.5) is 0 Å². The molecule has 0 aromatic heterocycles. The third-order valence-corrected chi connectivity index (χ3v) is 1.80. The Bertz CT molecular complexity index is 119. The predicted molar refractivity (Wildman–Crippen MR) is 50.8 cm³/mol. The quantitative estimate of drug-likeness (QED) is 0.549. The van der Waals surface area contributed by atoms with Gasteiger partial charge in [-0.25, -0.2) is 5.43 Å². The molecule has 1 unspecified atom stereocenters. The molecule has 0 amide bonds. The van der Waals surface area contributed by atoms with Gasteiger partial charge in [0.25, 0.3) is 0 Å². The number of rotatable bonds is 6. The third kappa shape index (κ3) is 4.66. The Kier molecular flexibility index (Phi) is 5.41. The molecular weight excluding hydrogens is 154 g/mol. The number of methoxy groups -OCH3 is 1. The van der Waals surface area contributed by atoms with E-state index in [1.54, 1.807) is 7.11 Å². The molecule has 12 heavy (non-hydrogen) atoms. The maximum atomic E-state index is 5.65. The molecule has 0 aromatic carbocycles. The minimum Gasteiger partial charge on any atom is -0.385 e. The lowest BCUT2D eigenvalue weighted by atomic mass is 10.00. The zero-order valence-corrected chi connectivity index (χ0v) is 8.55. The first-order valence-electron chi connectivity index (χ1n) is 4.18. The summed E-state index contributed by atoms with van der Waals surface area (Å²) in [6, 6.07) is 0. The van der Waals surface area contributed by atoms with Crippen LogP contribution in [0.25, 0.3) is 0 Å². The Morgan fingerprint density at radius 1 is 1.50 bits per heavy atom. The van der Waals surface area contributed by atoms with E-state index in [2.05, 4.69) is 12.3 Å². The fraction of sp³-hybridized carbons (Fsp3) is 1.00. The average Bonchev–Trinajstić information content (AvgIpc) is 2.00. The number of nitrogens with two attached hydrogens (primary N) is 1. The van der Waals surface area contributed by atoms with Crippen molar-refractivity contribution in [2.75, 3.05) is 34.4 Å². The molecule has 4 nitrogen and oxygen atoms in total. The lowest BCUT2D eigenvalue weighted by Crippen LogP contribution is -2.54. The molecule has 0 saturated carbocycles. The van der Waals surface area contributed by atoms with E-state index in [9.17, 15) is 0 Å². The number of nitrogens with one attached hydrogen (secondary N) is 1. The van der Waals surface area contributed by atoms with Crippen molar-refractivity contribution in [3.8, 4) is 0 Å². The molecule has 0 rings (SSSR count). The van der Waals surface area contributed by atoms with Crippen LogP contribution in [0.3, 0.4) is 0 Å². The Morgan fingerprint density at radius 3 is 2.42 bits per heavy atom. The summed E-state index contributed by atoms with van der Waals surface area (Å²) in [5, 5.41) is 1.92. The van der Waals surface area contributed by atoms with Gasteiger partial charge in [0, 0.05) is 39.9 Å². The van der Waals surface area contributed by atoms with Gasteiger partial charge < -0.3 is 10.5 Å². The van der Waals surface area contributed by atoms with Crippen LogP contribution in [0, 0.1) is 0 Å². The Labute approximate surface area is 75.0 Å². The van der Waals surface area contributed by atoms with Crippen LogP contribution >= 0.6 is 0 Å². The van der Waals surface area contributed by atoms with Gasteiger partial charge in [-0.1, -0.05) is 0 Å². The van der Waals surface area contributed by atoms with Crippen LogP contribution in [0.1, 0.15) is 13.3 Å². The lowest BCUT2D eigenvalue weighted by Gasteiger charge is -2.32. The van der Waals surface area contributed by atoms with Gasteiger partial charge in [-0.05, 0) is 13.3 Å². The normalized spacial score (nSPS) is 16.5. The molecule has 0 aliphatic rings. The molecule has 74 valence electrons. The van der Waals surface area contributed by atoms with E-state index in [-0.39, 0.29) is 5.54 Å². The summed E-state index contributed by atoms with van der Waals surface area (Å²) in [6.07, 6.45) is 0.915. The number of ether oxygens (including phenoxy) is 1. The highest BCUT2D eigenvalue weighted by molar-refractivity contribution is 4.81. The van der Waals surface area contributed by atoms with Crippen molar-refractivity contribution in [3.63, 3.8) is 0 Å². The van der Waals surface area contributed by atoms with E-state index in [0.717, 1.165) is 13.0 Å². The molecule has 0 bridgehead atoms. The second kappa shape index (κ2) is 5.48. The SMILES string of the molecule is COCCC(C)(CN)NN(C)C. The summed E-state index contributed by atoms with van der Waals surface area (Å²) in [5.74, 6) is 0. The van der Waals surface area contributed by atoms with Gasteiger partial charge in [-0.3, -0.25) is 5.01 Å². The van der Waals surface area contributed by atoms with Gasteiger partial charge in [0.2, 0.25) is 0 Å². The largest absolute Gasteiger partial charge is 0.385 e. The fourth-order valence-corrected chi connectivity index (χ4v) is 1.07. The second-order valence-electron chi connectivity index (χ2n) is 3.51. The van der Waals surface area contributed by atoms with Gasteiger partial charge in [-0.2, -0.15) is 0 Å². The predicted octanol–water partition coefficient (Wildman–Crippen LogP) is -0.193. The smallest absolute Gasteiger partial charge is 0.0480 e. The summed E-state index contributed by atoms with van der Waals surface area (Å²) >= 11 is 0. The summed E-state index contributed by atoms with van der Waals surface area (Å²) in [6.45, 7) is 3.43. The summed E-state index contributed by atoms with van der Waals surface area (Å²) in [5.41, 5.74) is 8.86. The van der Waals surface area contributed by atoms with Crippen molar-refractivity contribution in [2.24, 2.45) is 5.73 Å². The number of nitrogens with zero attached hydrogens (tertiary/aromatic N) is 1. The standard InChI is InChI=1S/C8H21N3O/c1-8(7-9,5-6-12-4)10-11(2)3/h10H,5-7,9H2,1-4H3. The first kappa shape index (κ1) is 11.8. The molecule has 0 fully saturated rings. The van der Waals surface area contributed by atoms with E-state index < -0.39 is 0 Å². The number of hydrogen-bond acceptors (Lipinski definition) is 4. The summed E-state index contributed by atoms with van der Waals surface area (Å²) in [4.78, 5) is 0. The highest BCUT2D eigenvalue weighted by Crippen LogP contribution is 2.07. The molecule has 0 aliphatic carbocycles. The van der Waals surface area contributed by atoms with Crippen molar-refractivity contribution in [1.29, 1.82) is 0 Å². The van der Waals surface area contributed by atoms with Crippen LogP contribution in [0.2, 0.25) is 0 Å². The molecule has 0 aromatic rings. The molecule has 0 heterocycles. The summed E-state index contributed by atoms with van der Waals surface area (Å²) in [7, 11) is 5.62. The van der Waals surface area contributed by atoms with Crippen LogP contribution < -0.4 is 11.2 Å². The average molecular weight is 175 g/mol. The number of hydrazine groups is 1. The Hall–Kier alpha value is -0.160. The molecule has 3 N–H and O–H groups in total. The molecule has 0 spiro atoms. The monoisotopic (exact) mass is 175 g/mol. The first-order valence-corrected chi connectivity index (χ1v) is 4.18.